The fraction of sp³-hybridized carbons (Fsp3) is 0.800. The molecule has 0 N–H and O–H groups in total. The van der Waals surface area contributed by atoms with Crippen molar-refractivity contribution >= 4 is 4.92 Å². The van der Waals surface area contributed by atoms with E-state index in [9.17, 15) is 0 Å². The molecule has 0 nitrogen and oxygen atoms in total. The van der Waals surface area contributed by atoms with Crippen LogP contribution >= 0.6 is 0 Å². The van der Waals surface area contributed by atoms with Gasteiger partial charge in [-0.05, 0) is 0 Å². The number of hydrogen-bond donors (Lipinski definition) is 0. The summed E-state index contributed by atoms with van der Waals surface area (Å²) in [6, 6.07) is 0. The molecule has 37 valence electrons. The van der Waals surface area contributed by atoms with Crippen LogP contribution in [0.5, 0.6) is 0 Å². The zero-order valence-electron chi connectivity index (χ0n) is 4.05. The van der Waals surface area contributed by atoms with E-state index < -0.39 is 0 Å². The van der Waals surface area contributed by atoms with Crippen LogP contribution in [-0.2, 0) is 15.6 Å². The molecule has 1 heteroatoms. The summed E-state index contributed by atoms with van der Waals surface area (Å²) in [7, 11) is 0. The Morgan fingerprint density at radius 1 is 1.67 bits per heavy atom. The van der Waals surface area contributed by atoms with Crippen molar-refractivity contribution in [2.75, 3.05) is 0 Å². The topological polar surface area (TPSA) is 0 Å². The molecule has 0 aliphatic heterocycles. The average Bonchev–Trinajstić information content (AvgIpc) is 1.61. The summed E-state index contributed by atoms with van der Waals surface area (Å²) in [6.07, 6.45) is 3.76. The molecule has 0 aromatic heterocycles. The average molecular weight is 126 g/mol. The fourth-order valence-corrected chi connectivity index (χ4v) is 0.502. The molecule has 6 heavy (non-hydrogen) atoms. The van der Waals surface area contributed by atoms with E-state index in [0.29, 0.717) is 0 Å². The second-order valence-electron chi connectivity index (χ2n) is 1.29. The van der Waals surface area contributed by atoms with E-state index >= 15 is 0 Å². The van der Waals surface area contributed by atoms with Crippen molar-refractivity contribution in [1.82, 2.24) is 0 Å². The van der Waals surface area contributed by atoms with Crippen molar-refractivity contribution in [3.63, 3.8) is 0 Å². The van der Waals surface area contributed by atoms with Gasteiger partial charge in [-0.2, -0.15) is 0 Å². The standard InChI is InChI=1S/C5H10.Fe/c1-3-5-4-2;/h1H,3-5H2,2H3;/q;+1. The molecule has 0 spiro atoms. The monoisotopic (exact) mass is 126 g/mol. The minimum absolute atomic E-state index is 1.18. The maximum atomic E-state index is 3.60. The Hall–Kier alpha value is 0.389. The van der Waals surface area contributed by atoms with Gasteiger partial charge in [0.25, 0.3) is 0 Å². The van der Waals surface area contributed by atoms with E-state index in [1.807, 2.05) is 4.92 Å². The molecular weight excluding hydrogens is 116 g/mol. The second kappa shape index (κ2) is 5.39. The van der Waals surface area contributed by atoms with E-state index in [2.05, 4.69) is 22.5 Å². The van der Waals surface area contributed by atoms with Crippen LogP contribution in [0.15, 0.2) is 0 Å². The summed E-state index contributed by atoms with van der Waals surface area (Å²) in [4.78, 5) is 1.96. The Morgan fingerprint density at radius 2 is 2.33 bits per heavy atom. The Morgan fingerprint density at radius 3 is 2.50 bits per heavy atom. The van der Waals surface area contributed by atoms with E-state index in [1.54, 1.807) is 0 Å². The van der Waals surface area contributed by atoms with Gasteiger partial charge in [0, 0.05) is 0 Å². The van der Waals surface area contributed by atoms with Crippen LogP contribution in [0, 0.1) is 0 Å². The third kappa shape index (κ3) is 4.39. The quantitative estimate of drug-likeness (QED) is 0.397. The van der Waals surface area contributed by atoms with E-state index in [1.165, 1.54) is 19.3 Å². The SMILES string of the molecule is CCCC[CH]=[Fe+]. The summed E-state index contributed by atoms with van der Waals surface area (Å²) < 4.78 is 0. The van der Waals surface area contributed by atoms with Crippen molar-refractivity contribution in [2.45, 2.75) is 26.2 Å². The van der Waals surface area contributed by atoms with Crippen molar-refractivity contribution in [3.05, 3.63) is 0 Å². The summed E-state index contributed by atoms with van der Waals surface area (Å²) >= 11 is 3.60. The summed E-state index contributed by atoms with van der Waals surface area (Å²) in [5.41, 5.74) is 0. The minimum atomic E-state index is 1.18. The van der Waals surface area contributed by atoms with Crippen molar-refractivity contribution in [3.8, 4) is 0 Å². The van der Waals surface area contributed by atoms with E-state index in [-0.39, 0.29) is 0 Å². The molecule has 0 bridgehead atoms. The van der Waals surface area contributed by atoms with Gasteiger partial charge in [-0.25, -0.2) is 0 Å². The van der Waals surface area contributed by atoms with Crippen LogP contribution in [0.25, 0.3) is 0 Å². The van der Waals surface area contributed by atoms with Gasteiger partial charge in [0.15, 0.2) is 0 Å². The zero-order chi connectivity index (χ0) is 4.83. The van der Waals surface area contributed by atoms with Gasteiger partial charge in [0.05, 0.1) is 0 Å². The van der Waals surface area contributed by atoms with Crippen molar-refractivity contribution in [2.24, 2.45) is 0 Å². The zero-order valence-corrected chi connectivity index (χ0v) is 5.16. The third-order valence-corrected chi connectivity index (χ3v) is 0.978. The van der Waals surface area contributed by atoms with Crippen LogP contribution < -0.4 is 0 Å². The normalized spacial score (nSPS) is 8.17. The molecule has 0 rings (SSSR count). The van der Waals surface area contributed by atoms with Crippen LogP contribution in [0.1, 0.15) is 26.2 Å². The van der Waals surface area contributed by atoms with Gasteiger partial charge in [0.1, 0.15) is 0 Å². The first-order valence-corrected chi connectivity index (χ1v) is 2.96. The predicted octanol–water partition coefficient (Wildman–Crippen LogP) is 1.53. The Kier molecular flexibility index (Phi) is 5.74. The Labute approximate surface area is 47.3 Å². The van der Waals surface area contributed by atoms with Gasteiger partial charge >= 0.3 is 46.7 Å². The second-order valence-corrected chi connectivity index (χ2v) is 1.74. The molecule has 0 heterocycles. The summed E-state index contributed by atoms with van der Waals surface area (Å²) in [6.45, 7) is 2.18. The van der Waals surface area contributed by atoms with Gasteiger partial charge in [0.2, 0.25) is 0 Å². The maximum absolute atomic E-state index is 3.60. The molecule has 0 aliphatic carbocycles. The molecule has 0 atom stereocenters. The fourth-order valence-electron chi connectivity index (χ4n) is 0.276. The molecule has 0 saturated carbocycles. The first-order chi connectivity index (χ1) is 2.91. The van der Waals surface area contributed by atoms with Gasteiger partial charge in [-0.3, -0.25) is 0 Å². The summed E-state index contributed by atoms with van der Waals surface area (Å²) in [5, 5.41) is 0. The molecule has 0 amide bonds. The number of rotatable bonds is 3. The Balaban J connectivity index is 2.49. The molecule has 0 aromatic rings. The molecule has 0 fully saturated rings. The van der Waals surface area contributed by atoms with Crippen LogP contribution in [-0.4, -0.2) is 4.92 Å². The third-order valence-electron chi connectivity index (χ3n) is 0.660. The van der Waals surface area contributed by atoms with Crippen LogP contribution in [0.3, 0.4) is 0 Å². The molecule has 0 aromatic carbocycles. The summed E-state index contributed by atoms with van der Waals surface area (Å²) in [5.74, 6) is 0. The van der Waals surface area contributed by atoms with Gasteiger partial charge < -0.3 is 0 Å². The van der Waals surface area contributed by atoms with Crippen LogP contribution in [0.2, 0.25) is 0 Å². The van der Waals surface area contributed by atoms with E-state index in [4.69, 9.17) is 0 Å². The van der Waals surface area contributed by atoms with E-state index in [0.717, 1.165) is 0 Å². The number of unbranched alkanes of at least 4 members (excludes halogenated alkanes) is 2. The first-order valence-electron chi connectivity index (χ1n) is 2.32. The van der Waals surface area contributed by atoms with Gasteiger partial charge in [-0.1, -0.05) is 0 Å². The first kappa shape index (κ1) is 6.39. The predicted molar refractivity (Wildman–Crippen MR) is 25.6 cm³/mol. The van der Waals surface area contributed by atoms with Crippen molar-refractivity contribution in [1.29, 1.82) is 0 Å². The Bertz CT molecular complexity index is 32.9. The molecule has 0 unspecified atom stereocenters. The number of hydrogen-bond acceptors (Lipinski definition) is 0. The van der Waals surface area contributed by atoms with Crippen molar-refractivity contribution < 1.29 is 15.6 Å². The molecule has 0 radical (unpaired) electrons. The molecule has 0 aliphatic rings. The van der Waals surface area contributed by atoms with Crippen LogP contribution in [0.4, 0.5) is 0 Å². The van der Waals surface area contributed by atoms with Gasteiger partial charge in [-0.15, -0.1) is 0 Å². The molecule has 0 saturated heterocycles. The molecular formula is C5H10Fe+.